The number of imidazole rings is 1. The van der Waals surface area contributed by atoms with Gasteiger partial charge in [0.1, 0.15) is 11.8 Å². The van der Waals surface area contributed by atoms with Crippen molar-refractivity contribution in [2.24, 2.45) is 12.5 Å². The van der Waals surface area contributed by atoms with Crippen LogP contribution in [0.4, 0.5) is 5.69 Å². The number of rotatable bonds is 5. The van der Waals surface area contributed by atoms with Gasteiger partial charge in [0, 0.05) is 26.6 Å². The second-order valence-corrected chi connectivity index (χ2v) is 11.8. The van der Waals surface area contributed by atoms with E-state index in [1.807, 2.05) is 36.4 Å². The minimum absolute atomic E-state index is 0.156. The van der Waals surface area contributed by atoms with E-state index >= 15 is 0 Å². The fraction of sp³-hybridized carbons (Fsp3) is 0.516. The van der Waals surface area contributed by atoms with E-state index in [-0.39, 0.29) is 36.6 Å². The first-order valence-electron chi connectivity index (χ1n) is 14.4. The number of likely N-dealkylation sites (tertiary alicyclic amines) is 1. The number of carbonyl (C=O) groups is 2. The summed E-state index contributed by atoms with van der Waals surface area (Å²) < 4.78 is 8.47. The second kappa shape index (κ2) is 10.4. The summed E-state index contributed by atoms with van der Waals surface area (Å²) in [6.07, 6.45) is 6.45. The Kier molecular flexibility index (Phi) is 6.94. The van der Waals surface area contributed by atoms with E-state index in [0.29, 0.717) is 17.6 Å². The van der Waals surface area contributed by atoms with Gasteiger partial charge in [0.2, 0.25) is 5.91 Å². The van der Waals surface area contributed by atoms with Gasteiger partial charge in [-0.05, 0) is 80.2 Å². The molecule has 9 nitrogen and oxygen atoms in total. The van der Waals surface area contributed by atoms with Crippen molar-refractivity contribution in [3.63, 3.8) is 0 Å². The fourth-order valence-electron chi connectivity index (χ4n) is 7.05. The predicted molar refractivity (Wildman–Crippen MR) is 152 cm³/mol. The molecule has 0 bridgehead atoms. The fourth-order valence-corrected chi connectivity index (χ4v) is 7.05. The molecule has 1 aromatic heterocycles. The predicted octanol–water partition coefficient (Wildman–Crippen LogP) is 3.76. The van der Waals surface area contributed by atoms with Crippen LogP contribution in [0, 0.1) is 5.41 Å². The molecule has 40 heavy (non-hydrogen) atoms. The van der Waals surface area contributed by atoms with Crippen LogP contribution in [0.15, 0.2) is 47.3 Å². The summed E-state index contributed by atoms with van der Waals surface area (Å²) in [5.41, 5.74) is 3.46. The Morgan fingerprint density at radius 2 is 1.65 bits per heavy atom. The number of fused-ring (bicyclic) bond motifs is 1. The smallest absolute Gasteiger partial charge is 0.329 e. The maximum absolute atomic E-state index is 13.7. The molecule has 2 amide bonds. The van der Waals surface area contributed by atoms with Gasteiger partial charge in [0.25, 0.3) is 5.91 Å². The van der Waals surface area contributed by atoms with Gasteiger partial charge < -0.3 is 14.7 Å². The summed E-state index contributed by atoms with van der Waals surface area (Å²) in [6, 6.07) is 12.5. The molecule has 0 radical (unpaired) electrons. The van der Waals surface area contributed by atoms with Crippen molar-refractivity contribution in [3.8, 4) is 5.75 Å². The zero-order valence-electron chi connectivity index (χ0n) is 23.3. The number of ether oxygens (including phenoxy) is 1. The van der Waals surface area contributed by atoms with Crippen LogP contribution in [0.1, 0.15) is 63.0 Å². The molecule has 3 fully saturated rings. The van der Waals surface area contributed by atoms with Crippen LogP contribution in [-0.4, -0.2) is 57.3 Å². The number of aliphatic hydroxyl groups excluding tert-OH is 1. The average molecular weight is 547 g/mol. The maximum atomic E-state index is 13.7. The zero-order chi connectivity index (χ0) is 28.0. The van der Waals surface area contributed by atoms with E-state index in [1.165, 1.54) is 4.90 Å². The maximum Gasteiger partial charge on any atom is 0.329 e. The Hall–Kier alpha value is -3.59. The normalized spacial score (nSPS) is 21.9. The molecule has 2 saturated heterocycles. The minimum Gasteiger partial charge on any atom is -0.497 e. The molecule has 1 aliphatic carbocycles. The monoisotopic (exact) mass is 546 g/mol. The lowest BCUT2D eigenvalue weighted by Crippen LogP contribution is -2.47. The molecule has 1 unspecified atom stereocenters. The molecule has 1 N–H and O–H groups in total. The van der Waals surface area contributed by atoms with Gasteiger partial charge in [-0.2, -0.15) is 0 Å². The lowest BCUT2D eigenvalue weighted by molar-refractivity contribution is -0.151. The highest BCUT2D eigenvalue weighted by atomic mass is 16.5. The van der Waals surface area contributed by atoms with Crippen molar-refractivity contribution < 1.29 is 19.4 Å². The Labute approximate surface area is 233 Å². The van der Waals surface area contributed by atoms with Crippen LogP contribution in [0.2, 0.25) is 0 Å². The van der Waals surface area contributed by atoms with Gasteiger partial charge >= 0.3 is 5.69 Å². The van der Waals surface area contributed by atoms with Gasteiger partial charge in [-0.15, -0.1) is 0 Å². The van der Waals surface area contributed by atoms with Crippen molar-refractivity contribution in [2.45, 2.75) is 70.1 Å². The molecule has 3 aromatic rings. The Balaban J connectivity index is 1.28. The summed E-state index contributed by atoms with van der Waals surface area (Å²) in [4.78, 5) is 43.9. The number of carbonyl (C=O) groups excluding carboxylic acids is 2. The largest absolute Gasteiger partial charge is 0.497 e. The van der Waals surface area contributed by atoms with Crippen LogP contribution in [0.5, 0.6) is 5.75 Å². The minimum atomic E-state index is -0.735. The number of anilines is 1. The number of benzene rings is 2. The van der Waals surface area contributed by atoms with Crippen LogP contribution in [0.3, 0.4) is 0 Å². The van der Waals surface area contributed by atoms with Crippen molar-refractivity contribution in [1.29, 1.82) is 0 Å². The lowest BCUT2D eigenvalue weighted by Gasteiger charge is -2.46. The van der Waals surface area contributed by atoms with Gasteiger partial charge in [-0.3, -0.25) is 23.6 Å². The van der Waals surface area contributed by atoms with Crippen LogP contribution < -0.4 is 15.3 Å². The second-order valence-electron chi connectivity index (χ2n) is 11.8. The number of hydrogen-bond acceptors (Lipinski definition) is 6. The number of piperidine rings is 2. The van der Waals surface area contributed by atoms with Crippen molar-refractivity contribution in [1.82, 2.24) is 14.0 Å². The molecule has 2 aromatic carbocycles. The molecule has 1 spiro atoms. The molecule has 2 aliphatic heterocycles. The number of nitrogens with zero attached hydrogens (tertiary/aromatic N) is 4. The van der Waals surface area contributed by atoms with Crippen LogP contribution in [-0.2, 0) is 23.2 Å². The summed E-state index contributed by atoms with van der Waals surface area (Å²) >= 11 is 0. The van der Waals surface area contributed by atoms with Gasteiger partial charge in [0.05, 0.1) is 36.5 Å². The zero-order valence-corrected chi connectivity index (χ0v) is 23.3. The molecule has 212 valence electrons. The highest BCUT2D eigenvalue weighted by Crippen LogP contribution is 2.46. The first kappa shape index (κ1) is 26.6. The Morgan fingerprint density at radius 1 is 0.950 bits per heavy atom. The number of amides is 2. The van der Waals surface area contributed by atoms with E-state index < -0.39 is 6.04 Å². The van der Waals surface area contributed by atoms with E-state index in [0.717, 1.165) is 73.9 Å². The average Bonchev–Trinajstić information content (AvgIpc) is 3.23. The van der Waals surface area contributed by atoms with E-state index in [4.69, 9.17) is 4.74 Å². The van der Waals surface area contributed by atoms with Crippen molar-refractivity contribution in [2.75, 3.05) is 25.1 Å². The summed E-state index contributed by atoms with van der Waals surface area (Å²) in [7, 11) is 3.36. The van der Waals surface area contributed by atoms with Crippen LogP contribution >= 0.6 is 0 Å². The van der Waals surface area contributed by atoms with Gasteiger partial charge in [-0.25, -0.2) is 4.79 Å². The molecule has 3 aliphatic rings. The van der Waals surface area contributed by atoms with E-state index in [2.05, 4.69) is 11.0 Å². The summed E-state index contributed by atoms with van der Waals surface area (Å²) in [6.45, 7) is 1.97. The molecule has 6 rings (SSSR count). The highest BCUT2D eigenvalue weighted by Gasteiger charge is 2.40. The topological polar surface area (TPSA) is 97.0 Å². The Morgan fingerprint density at radius 3 is 2.33 bits per heavy atom. The number of methoxy groups -OCH3 is 1. The third-order valence-electron chi connectivity index (χ3n) is 9.56. The first-order valence-corrected chi connectivity index (χ1v) is 14.4. The number of aliphatic hydroxyl groups is 1. The highest BCUT2D eigenvalue weighted by molar-refractivity contribution is 6.00. The summed E-state index contributed by atoms with van der Waals surface area (Å²) in [5.74, 6) is 0.146. The first-order chi connectivity index (χ1) is 19.3. The third kappa shape index (κ3) is 4.60. The number of aromatic nitrogens is 2. The molecular weight excluding hydrogens is 508 g/mol. The van der Waals surface area contributed by atoms with Gasteiger partial charge in [0.15, 0.2) is 0 Å². The molecule has 1 atom stereocenters. The van der Waals surface area contributed by atoms with Crippen molar-refractivity contribution >= 4 is 28.5 Å². The number of hydrogen-bond donors (Lipinski definition) is 1. The SMILES string of the molecule is COc1ccc(CN2C(=O)CCC(n3c(=O)n(C)c4c(N5CCC6(CCC(O)CC6)CC5)cccc43)C2=O)cc1. The molecular formula is C31H38N4O5. The standard InChI is InChI=1S/C31H38N4O5/c1-32-28-24(33-18-16-31(17-19-33)14-12-22(36)13-15-31)4-3-5-25(28)35(30(32)39)26-10-11-27(37)34(29(26)38)20-21-6-8-23(40-2)9-7-21/h3-9,22,26,36H,10-20H2,1-2H3. The molecule has 1 saturated carbocycles. The molecule has 3 heterocycles. The quantitative estimate of drug-likeness (QED) is 0.490. The van der Waals surface area contributed by atoms with Crippen LogP contribution in [0.25, 0.3) is 11.0 Å². The van der Waals surface area contributed by atoms with Gasteiger partial charge in [-0.1, -0.05) is 18.2 Å². The lowest BCUT2D eigenvalue weighted by atomic mass is 9.67. The number of imide groups is 1. The summed E-state index contributed by atoms with van der Waals surface area (Å²) in [5, 5.41) is 9.99. The Bertz CT molecular complexity index is 1470. The van der Waals surface area contributed by atoms with Crippen molar-refractivity contribution in [3.05, 3.63) is 58.5 Å². The van der Waals surface area contributed by atoms with E-state index in [1.54, 1.807) is 23.3 Å². The van der Waals surface area contributed by atoms with E-state index in [9.17, 15) is 19.5 Å². The number of aryl methyl sites for hydroxylation is 1. The number of para-hydroxylation sites is 1. The third-order valence-corrected chi connectivity index (χ3v) is 9.56. The molecule has 9 heteroatoms.